The van der Waals surface area contributed by atoms with Crippen molar-refractivity contribution >= 4 is 5.91 Å². The zero-order valence-electron chi connectivity index (χ0n) is 13.2. The third kappa shape index (κ3) is 3.68. The molecule has 1 aliphatic rings. The Kier molecular flexibility index (Phi) is 4.57. The van der Waals surface area contributed by atoms with Crippen molar-refractivity contribution in [1.29, 1.82) is 0 Å². The van der Waals surface area contributed by atoms with Crippen LogP contribution in [0.25, 0.3) is 11.3 Å². The van der Waals surface area contributed by atoms with Crippen LogP contribution in [0.3, 0.4) is 0 Å². The van der Waals surface area contributed by atoms with Crippen LogP contribution in [0.2, 0.25) is 0 Å². The predicted molar refractivity (Wildman–Crippen MR) is 90.5 cm³/mol. The van der Waals surface area contributed by atoms with Crippen molar-refractivity contribution in [1.82, 2.24) is 15.2 Å². The number of pyridine rings is 1. The van der Waals surface area contributed by atoms with Crippen molar-refractivity contribution in [3.63, 3.8) is 0 Å². The highest BCUT2D eigenvalue weighted by Gasteiger charge is 2.20. The number of nitrogens with one attached hydrogen (secondary N) is 2. The third-order valence-corrected chi connectivity index (χ3v) is 4.20. The van der Waals surface area contributed by atoms with Crippen LogP contribution in [0, 0.1) is 0 Å². The summed E-state index contributed by atoms with van der Waals surface area (Å²) in [6.07, 6.45) is 2.01. The van der Waals surface area contributed by atoms with Crippen LogP contribution in [-0.2, 0) is 0 Å². The molecule has 2 aromatic rings. The maximum Gasteiger partial charge on any atom is 0.261 e. The van der Waals surface area contributed by atoms with Crippen molar-refractivity contribution in [2.24, 2.45) is 0 Å². The van der Waals surface area contributed by atoms with Gasteiger partial charge in [-0.25, -0.2) is 0 Å². The van der Waals surface area contributed by atoms with Gasteiger partial charge in [-0.15, -0.1) is 0 Å². The van der Waals surface area contributed by atoms with E-state index in [4.69, 9.17) is 0 Å². The Labute approximate surface area is 135 Å². The topological polar surface area (TPSA) is 65.2 Å². The summed E-state index contributed by atoms with van der Waals surface area (Å²) in [7, 11) is 2.04. The lowest BCUT2D eigenvalue weighted by molar-refractivity contribution is 0.0911. The Balaban J connectivity index is 1.75. The number of rotatable bonds is 3. The highest BCUT2D eigenvalue weighted by atomic mass is 16.2. The molecule has 1 atom stereocenters. The fraction of sp³-hybridized carbons (Fsp3) is 0.333. The van der Waals surface area contributed by atoms with E-state index in [0.717, 1.165) is 31.5 Å². The van der Waals surface area contributed by atoms with E-state index in [1.165, 1.54) is 0 Å². The smallest absolute Gasteiger partial charge is 0.261 e. The lowest BCUT2D eigenvalue weighted by atomic mass is 10.1. The first-order chi connectivity index (χ1) is 11.1. The minimum atomic E-state index is -0.354. The zero-order chi connectivity index (χ0) is 16.2. The molecule has 5 nitrogen and oxygen atoms in total. The summed E-state index contributed by atoms with van der Waals surface area (Å²) < 4.78 is 0. The number of H-pyrrole nitrogens is 1. The van der Waals surface area contributed by atoms with Gasteiger partial charge in [0.25, 0.3) is 11.5 Å². The molecular weight excluding hydrogens is 290 g/mol. The third-order valence-electron chi connectivity index (χ3n) is 4.20. The number of amides is 1. The fourth-order valence-corrected chi connectivity index (χ4v) is 2.99. The Hall–Kier alpha value is -2.40. The molecule has 1 unspecified atom stereocenters. The standard InChI is InChI=1S/C18H21N3O2/c1-21-11-5-8-14(12-21)19-17(22)15-9-10-16(20-18(15)23)13-6-3-2-4-7-13/h2-4,6-7,9-10,14H,5,8,11-12H2,1H3,(H,19,22)(H,20,23). The summed E-state index contributed by atoms with van der Waals surface area (Å²) >= 11 is 0. The molecule has 0 spiro atoms. The molecule has 23 heavy (non-hydrogen) atoms. The number of likely N-dealkylation sites (tertiary alicyclic amines) is 1. The minimum Gasteiger partial charge on any atom is -0.348 e. The molecule has 1 fully saturated rings. The molecule has 1 aromatic heterocycles. The first-order valence-corrected chi connectivity index (χ1v) is 7.91. The van der Waals surface area contributed by atoms with Crippen LogP contribution in [0.15, 0.2) is 47.3 Å². The maximum absolute atomic E-state index is 12.3. The Morgan fingerprint density at radius 1 is 1.22 bits per heavy atom. The summed E-state index contributed by atoms with van der Waals surface area (Å²) in [5.41, 5.74) is 1.45. The number of nitrogens with zero attached hydrogens (tertiary/aromatic N) is 1. The maximum atomic E-state index is 12.3. The molecule has 120 valence electrons. The molecule has 0 radical (unpaired) electrons. The van der Waals surface area contributed by atoms with Crippen LogP contribution in [0.5, 0.6) is 0 Å². The van der Waals surface area contributed by atoms with Gasteiger partial charge in [-0.1, -0.05) is 30.3 Å². The molecule has 1 aliphatic heterocycles. The number of hydrogen-bond acceptors (Lipinski definition) is 3. The quantitative estimate of drug-likeness (QED) is 0.909. The second kappa shape index (κ2) is 6.79. The Bertz CT molecular complexity index is 739. The number of likely N-dealkylation sites (N-methyl/N-ethyl adjacent to an activating group) is 1. The van der Waals surface area contributed by atoms with E-state index in [0.29, 0.717) is 5.69 Å². The van der Waals surface area contributed by atoms with E-state index in [-0.39, 0.29) is 23.1 Å². The lowest BCUT2D eigenvalue weighted by Crippen LogP contribution is -2.47. The van der Waals surface area contributed by atoms with Crippen LogP contribution in [0.1, 0.15) is 23.2 Å². The highest BCUT2D eigenvalue weighted by Crippen LogP contribution is 2.15. The lowest BCUT2D eigenvalue weighted by Gasteiger charge is -2.30. The molecule has 0 bridgehead atoms. The number of aromatic amines is 1. The predicted octanol–water partition coefficient (Wildman–Crippen LogP) is 1.87. The van der Waals surface area contributed by atoms with Gasteiger partial charge >= 0.3 is 0 Å². The number of benzene rings is 1. The largest absolute Gasteiger partial charge is 0.348 e. The second-order valence-electron chi connectivity index (χ2n) is 6.06. The Morgan fingerprint density at radius 2 is 2.00 bits per heavy atom. The van der Waals surface area contributed by atoms with Crippen LogP contribution >= 0.6 is 0 Å². The minimum absolute atomic E-state index is 0.106. The van der Waals surface area contributed by atoms with E-state index < -0.39 is 0 Å². The van der Waals surface area contributed by atoms with Gasteiger partial charge in [-0.3, -0.25) is 9.59 Å². The summed E-state index contributed by atoms with van der Waals surface area (Å²) in [5, 5.41) is 2.97. The Morgan fingerprint density at radius 3 is 2.70 bits per heavy atom. The van der Waals surface area contributed by atoms with Gasteiger partial charge in [-0.2, -0.15) is 0 Å². The van der Waals surface area contributed by atoms with E-state index >= 15 is 0 Å². The van der Waals surface area contributed by atoms with Gasteiger partial charge in [-0.05, 0) is 44.1 Å². The molecule has 2 heterocycles. The van der Waals surface area contributed by atoms with E-state index in [9.17, 15) is 9.59 Å². The van der Waals surface area contributed by atoms with Crippen molar-refractivity contribution in [2.45, 2.75) is 18.9 Å². The van der Waals surface area contributed by atoms with Gasteiger partial charge in [0, 0.05) is 18.3 Å². The fourth-order valence-electron chi connectivity index (χ4n) is 2.99. The monoisotopic (exact) mass is 311 g/mol. The average Bonchev–Trinajstić information content (AvgIpc) is 2.55. The van der Waals surface area contributed by atoms with E-state index in [2.05, 4.69) is 15.2 Å². The summed E-state index contributed by atoms with van der Waals surface area (Å²) in [4.78, 5) is 29.6. The molecule has 1 amide bonds. The SMILES string of the molecule is CN1CCCC(NC(=O)c2ccc(-c3ccccc3)[nH]c2=O)C1. The average molecular weight is 311 g/mol. The summed E-state index contributed by atoms with van der Waals surface area (Å²) in [5.74, 6) is -0.300. The van der Waals surface area contributed by atoms with Gasteiger partial charge in [0.05, 0.1) is 0 Å². The first kappa shape index (κ1) is 15.5. The van der Waals surface area contributed by atoms with Gasteiger partial charge in [0.2, 0.25) is 0 Å². The van der Waals surface area contributed by atoms with E-state index in [1.54, 1.807) is 12.1 Å². The second-order valence-corrected chi connectivity index (χ2v) is 6.06. The number of aromatic nitrogens is 1. The van der Waals surface area contributed by atoms with Crippen molar-refractivity contribution in [2.75, 3.05) is 20.1 Å². The van der Waals surface area contributed by atoms with Crippen LogP contribution in [0.4, 0.5) is 0 Å². The molecule has 1 saturated heterocycles. The van der Waals surface area contributed by atoms with Gasteiger partial charge in [0.15, 0.2) is 0 Å². The molecule has 5 heteroatoms. The molecular formula is C18H21N3O2. The zero-order valence-corrected chi connectivity index (χ0v) is 13.2. The number of piperidine rings is 1. The van der Waals surface area contributed by atoms with Crippen LogP contribution < -0.4 is 10.9 Å². The highest BCUT2D eigenvalue weighted by molar-refractivity contribution is 5.94. The van der Waals surface area contributed by atoms with Gasteiger partial charge < -0.3 is 15.2 Å². The van der Waals surface area contributed by atoms with E-state index in [1.807, 2.05) is 37.4 Å². The normalized spacial score (nSPS) is 18.6. The summed E-state index contributed by atoms with van der Waals surface area (Å²) in [6, 6.07) is 13.1. The van der Waals surface area contributed by atoms with Crippen molar-refractivity contribution in [3.8, 4) is 11.3 Å². The van der Waals surface area contributed by atoms with Crippen LogP contribution in [-0.4, -0.2) is 42.0 Å². The van der Waals surface area contributed by atoms with Crippen molar-refractivity contribution < 1.29 is 4.79 Å². The molecule has 0 saturated carbocycles. The van der Waals surface area contributed by atoms with Gasteiger partial charge in [0.1, 0.15) is 5.56 Å². The number of carbonyl (C=O) groups is 1. The first-order valence-electron chi connectivity index (χ1n) is 7.91. The molecule has 1 aromatic carbocycles. The van der Waals surface area contributed by atoms with Crippen molar-refractivity contribution in [3.05, 3.63) is 58.4 Å². The number of hydrogen-bond donors (Lipinski definition) is 2. The summed E-state index contributed by atoms with van der Waals surface area (Å²) in [6.45, 7) is 1.88. The molecule has 0 aliphatic carbocycles. The number of carbonyl (C=O) groups excluding carboxylic acids is 1. The molecule has 3 rings (SSSR count). The molecule has 2 N–H and O–H groups in total.